The second-order valence-corrected chi connectivity index (χ2v) is 7.67. The number of nitrogens with zero attached hydrogens (tertiary/aromatic N) is 2. The average molecular weight is 489 g/mol. The van der Waals surface area contributed by atoms with Crippen molar-refractivity contribution in [1.29, 1.82) is 0 Å². The first-order valence-corrected chi connectivity index (χ1v) is 10.2. The first-order valence-electron chi connectivity index (χ1n) is 10.2. The number of rotatable bonds is 5. The molecule has 1 heterocycles. The number of hydrogen-bond acceptors (Lipinski definition) is 4. The van der Waals surface area contributed by atoms with Crippen LogP contribution in [0.15, 0.2) is 48.5 Å². The number of hydrogen-bond donors (Lipinski definition) is 1. The SMILES string of the molecule is NC(=O)OC(CC(=O)N1CCN(c2ccccc2)CC1)c1cc(C(F)(F)F)cc(C(F)(F)F)c1. The van der Waals surface area contributed by atoms with Crippen molar-refractivity contribution in [2.24, 2.45) is 5.73 Å². The third-order valence-electron chi connectivity index (χ3n) is 5.35. The lowest BCUT2D eigenvalue weighted by molar-refractivity contribution is -0.143. The molecule has 2 amide bonds. The van der Waals surface area contributed by atoms with Gasteiger partial charge in [0.05, 0.1) is 17.5 Å². The van der Waals surface area contributed by atoms with Crippen LogP contribution in [0, 0.1) is 0 Å². The highest BCUT2D eigenvalue weighted by Crippen LogP contribution is 2.38. The van der Waals surface area contributed by atoms with Gasteiger partial charge in [-0.15, -0.1) is 0 Å². The van der Waals surface area contributed by atoms with Crippen molar-refractivity contribution in [2.45, 2.75) is 24.9 Å². The predicted molar refractivity (Wildman–Crippen MR) is 110 cm³/mol. The number of para-hydroxylation sites is 1. The largest absolute Gasteiger partial charge is 0.441 e. The Bertz CT molecular complexity index is 987. The van der Waals surface area contributed by atoms with Gasteiger partial charge in [-0.3, -0.25) is 4.79 Å². The van der Waals surface area contributed by atoms with Gasteiger partial charge in [0.15, 0.2) is 0 Å². The number of halogens is 6. The van der Waals surface area contributed by atoms with E-state index in [1.807, 2.05) is 35.2 Å². The number of carbonyl (C=O) groups excluding carboxylic acids is 2. The van der Waals surface area contributed by atoms with Gasteiger partial charge in [0, 0.05) is 31.9 Å². The maximum absolute atomic E-state index is 13.2. The minimum absolute atomic E-state index is 0.0462. The summed E-state index contributed by atoms with van der Waals surface area (Å²) in [5.41, 5.74) is 2.13. The summed E-state index contributed by atoms with van der Waals surface area (Å²) in [6, 6.07) is 10.2. The van der Waals surface area contributed by atoms with Crippen LogP contribution < -0.4 is 10.6 Å². The lowest BCUT2D eigenvalue weighted by Gasteiger charge is -2.36. The van der Waals surface area contributed by atoms with E-state index in [1.54, 1.807) is 0 Å². The number of benzene rings is 2. The number of piperazine rings is 1. The zero-order valence-electron chi connectivity index (χ0n) is 17.7. The number of nitrogens with two attached hydrogens (primary N) is 1. The fourth-order valence-corrected chi connectivity index (χ4v) is 3.67. The average Bonchev–Trinajstić information content (AvgIpc) is 2.77. The second-order valence-electron chi connectivity index (χ2n) is 7.67. The Morgan fingerprint density at radius 2 is 1.41 bits per heavy atom. The van der Waals surface area contributed by atoms with Gasteiger partial charge >= 0.3 is 18.4 Å². The molecule has 0 bridgehead atoms. The van der Waals surface area contributed by atoms with E-state index < -0.39 is 53.6 Å². The standard InChI is InChI=1S/C22H21F6N3O3/c23-21(24,25)15-10-14(11-16(12-15)22(26,27)28)18(34-20(29)33)13-19(32)31-8-6-30(7-9-31)17-4-2-1-3-5-17/h1-5,10-12,18H,6-9,13H2,(H2,29,33). The molecule has 34 heavy (non-hydrogen) atoms. The van der Waals surface area contributed by atoms with Crippen LogP contribution in [-0.4, -0.2) is 43.1 Å². The summed E-state index contributed by atoms with van der Waals surface area (Å²) in [5, 5.41) is 0. The van der Waals surface area contributed by atoms with Crippen molar-refractivity contribution in [3.05, 3.63) is 65.2 Å². The molecule has 0 aromatic heterocycles. The molecule has 1 aliphatic heterocycles. The van der Waals surface area contributed by atoms with Gasteiger partial charge in [-0.25, -0.2) is 4.79 Å². The number of anilines is 1. The Kier molecular flexibility index (Phi) is 7.27. The van der Waals surface area contributed by atoms with E-state index in [0.717, 1.165) is 5.69 Å². The van der Waals surface area contributed by atoms with Gasteiger partial charge in [-0.05, 0) is 35.9 Å². The maximum Gasteiger partial charge on any atom is 0.416 e. The van der Waals surface area contributed by atoms with Crippen molar-refractivity contribution in [2.75, 3.05) is 31.1 Å². The summed E-state index contributed by atoms with van der Waals surface area (Å²) >= 11 is 0. The first-order chi connectivity index (χ1) is 15.8. The fourth-order valence-electron chi connectivity index (χ4n) is 3.67. The van der Waals surface area contributed by atoms with Crippen LogP contribution in [0.25, 0.3) is 0 Å². The molecule has 1 atom stereocenters. The summed E-state index contributed by atoms with van der Waals surface area (Å²) < 4.78 is 84.0. The molecule has 0 spiro atoms. The molecule has 1 saturated heterocycles. The molecule has 2 aromatic carbocycles. The van der Waals surface area contributed by atoms with E-state index in [1.165, 1.54) is 4.90 Å². The third-order valence-corrected chi connectivity index (χ3v) is 5.35. The van der Waals surface area contributed by atoms with Gasteiger partial charge in [-0.2, -0.15) is 26.3 Å². The van der Waals surface area contributed by atoms with E-state index in [2.05, 4.69) is 0 Å². The lowest BCUT2D eigenvalue weighted by Crippen LogP contribution is -2.49. The van der Waals surface area contributed by atoms with Crippen molar-refractivity contribution < 1.29 is 40.7 Å². The molecule has 0 saturated carbocycles. The van der Waals surface area contributed by atoms with E-state index in [0.29, 0.717) is 25.2 Å². The highest BCUT2D eigenvalue weighted by Gasteiger charge is 2.38. The predicted octanol–water partition coefficient (Wildman–Crippen LogP) is 4.60. The highest BCUT2D eigenvalue weighted by atomic mass is 19.4. The molecule has 6 nitrogen and oxygen atoms in total. The molecular weight excluding hydrogens is 468 g/mol. The van der Waals surface area contributed by atoms with Crippen LogP contribution in [0.3, 0.4) is 0 Å². The number of ether oxygens (including phenoxy) is 1. The van der Waals surface area contributed by atoms with Gasteiger partial charge in [0.2, 0.25) is 5.91 Å². The smallest absolute Gasteiger partial charge is 0.416 e. The molecular formula is C22H21F6N3O3. The first kappa shape index (κ1) is 25.2. The van der Waals surface area contributed by atoms with Crippen molar-refractivity contribution in [3.63, 3.8) is 0 Å². The van der Waals surface area contributed by atoms with Crippen LogP contribution >= 0.6 is 0 Å². The Morgan fingerprint density at radius 3 is 1.88 bits per heavy atom. The second kappa shape index (κ2) is 9.82. The van der Waals surface area contributed by atoms with Crippen LogP contribution in [-0.2, 0) is 21.9 Å². The molecule has 0 aliphatic carbocycles. The summed E-state index contributed by atoms with van der Waals surface area (Å²) in [4.78, 5) is 27.6. The van der Waals surface area contributed by atoms with Crippen molar-refractivity contribution in [3.8, 4) is 0 Å². The third kappa shape index (κ3) is 6.33. The van der Waals surface area contributed by atoms with E-state index in [-0.39, 0.29) is 19.2 Å². The van der Waals surface area contributed by atoms with Gasteiger partial charge in [0.1, 0.15) is 6.10 Å². The highest BCUT2D eigenvalue weighted by molar-refractivity contribution is 5.78. The Labute approximate surface area is 190 Å². The molecule has 2 aromatic rings. The zero-order chi connectivity index (χ0) is 25.1. The summed E-state index contributed by atoms with van der Waals surface area (Å²) in [6.45, 7) is 1.48. The molecule has 184 valence electrons. The molecule has 1 unspecified atom stereocenters. The van der Waals surface area contributed by atoms with E-state index in [4.69, 9.17) is 10.5 Å². The molecule has 1 aliphatic rings. The molecule has 0 radical (unpaired) electrons. The van der Waals surface area contributed by atoms with Crippen molar-refractivity contribution >= 4 is 17.7 Å². The van der Waals surface area contributed by atoms with E-state index >= 15 is 0 Å². The topological polar surface area (TPSA) is 75.9 Å². The fraction of sp³-hybridized carbons (Fsp3) is 0.364. The molecule has 12 heteroatoms. The number of primary amides is 1. The monoisotopic (exact) mass is 489 g/mol. The van der Waals surface area contributed by atoms with Crippen LogP contribution in [0.4, 0.5) is 36.8 Å². The number of amides is 2. The summed E-state index contributed by atoms with van der Waals surface area (Å²) in [7, 11) is 0. The quantitative estimate of drug-likeness (QED) is 0.623. The Balaban J connectivity index is 1.80. The molecule has 3 rings (SSSR count). The van der Waals surface area contributed by atoms with Crippen LogP contribution in [0.1, 0.15) is 29.2 Å². The number of carbonyl (C=O) groups is 2. The Morgan fingerprint density at radius 1 is 0.882 bits per heavy atom. The zero-order valence-corrected chi connectivity index (χ0v) is 17.7. The summed E-state index contributed by atoms with van der Waals surface area (Å²) in [5.74, 6) is -0.593. The molecule has 1 fully saturated rings. The van der Waals surface area contributed by atoms with Crippen LogP contribution in [0.5, 0.6) is 0 Å². The lowest BCUT2D eigenvalue weighted by atomic mass is 9.98. The van der Waals surface area contributed by atoms with E-state index in [9.17, 15) is 35.9 Å². The van der Waals surface area contributed by atoms with Crippen LogP contribution in [0.2, 0.25) is 0 Å². The van der Waals surface area contributed by atoms with Gasteiger partial charge < -0.3 is 20.3 Å². The minimum Gasteiger partial charge on any atom is -0.441 e. The van der Waals surface area contributed by atoms with Gasteiger partial charge in [0.25, 0.3) is 0 Å². The maximum atomic E-state index is 13.2. The normalized spacial score (nSPS) is 15.7. The minimum atomic E-state index is -5.09. The van der Waals surface area contributed by atoms with Crippen molar-refractivity contribution in [1.82, 2.24) is 4.90 Å². The number of alkyl halides is 6. The van der Waals surface area contributed by atoms with Gasteiger partial charge in [-0.1, -0.05) is 18.2 Å². The molecule has 2 N–H and O–H groups in total. The summed E-state index contributed by atoms with van der Waals surface area (Å²) in [6.07, 6.45) is -14.0. The Hall–Kier alpha value is -3.44.